The van der Waals surface area contributed by atoms with Crippen LogP contribution in [-0.2, 0) is 0 Å². The lowest BCUT2D eigenvalue weighted by atomic mass is 9.94. The van der Waals surface area contributed by atoms with Gasteiger partial charge in [-0.2, -0.15) is 0 Å². The lowest BCUT2D eigenvalue weighted by molar-refractivity contribution is 0.669. The van der Waals surface area contributed by atoms with Crippen molar-refractivity contribution in [3.63, 3.8) is 0 Å². The first kappa shape index (κ1) is 29.0. The number of benzene rings is 7. The predicted octanol–water partition coefficient (Wildman–Crippen LogP) is 11.8. The molecule has 0 spiro atoms. The van der Waals surface area contributed by atoms with E-state index < -0.39 is 0 Å². The van der Waals surface area contributed by atoms with Crippen molar-refractivity contribution in [2.45, 2.75) is 0 Å². The van der Waals surface area contributed by atoms with Crippen molar-refractivity contribution in [1.82, 2.24) is 19.9 Å². The summed E-state index contributed by atoms with van der Waals surface area (Å²) in [6.07, 6.45) is 0. The molecular formula is C46H28N4O. The zero-order valence-electron chi connectivity index (χ0n) is 27.4. The SMILES string of the molecule is c1ccc(-c2nc(-c3ccccc3)nc(-c3ccc(-c4ccc5nc(-c6ccccc6)c6ccc7oc8ccccc8c7c6c5c4)cc3)n2)cc1. The molecule has 0 saturated carbocycles. The molecule has 51 heavy (non-hydrogen) atoms. The van der Waals surface area contributed by atoms with E-state index in [0.29, 0.717) is 17.5 Å². The predicted molar refractivity (Wildman–Crippen MR) is 207 cm³/mol. The highest BCUT2D eigenvalue weighted by Gasteiger charge is 2.18. The van der Waals surface area contributed by atoms with Crippen molar-refractivity contribution in [3.8, 4) is 56.5 Å². The van der Waals surface area contributed by atoms with Crippen molar-refractivity contribution in [2.75, 3.05) is 0 Å². The molecule has 238 valence electrons. The third kappa shape index (κ3) is 5.03. The fourth-order valence-corrected chi connectivity index (χ4v) is 7.05. The van der Waals surface area contributed by atoms with E-state index >= 15 is 0 Å². The van der Waals surface area contributed by atoms with Crippen LogP contribution in [-0.4, -0.2) is 19.9 Å². The van der Waals surface area contributed by atoms with E-state index in [4.69, 9.17) is 24.4 Å². The first-order chi connectivity index (χ1) is 25.3. The first-order valence-corrected chi connectivity index (χ1v) is 17.0. The van der Waals surface area contributed by atoms with Gasteiger partial charge in [0.15, 0.2) is 17.5 Å². The number of rotatable bonds is 5. The second-order valence-electron chi connectivity index (χ2n) is 12.6. The third-order valence-corrected chi connectivity index (χ3v) is 9.52. The number of para-hydroxylation sites is 1. The number of fused-ring (bicyclic) bond motifs is 7. The maximum Gasteiger partial charge on any atom is 0.164 e. The Morgan fingerprint density at radius 3 is 1.49 bits per heavy atom. The van der Waals surface area contributed by atoms with E-state index in [-0.39, 0.29) is 0 Å². The summed E-state index contributed by atoms with van der Waals surface area (Å²) in [4.78, 5) is 19.9. The standard InChI is InChI=1S/C46H28N4O/c1-4-12-30(13-5-1)43-36-25-27-40-42(35-18-10-11-19-39(35)51-40)41(36)37-28-34(24-26-38(37)47-43)29-20-22-33(23-21-29)46-49-44(31-14-6-2-7-15-31)48-45(50-46)32-16-8-3-9-17-32/h1-28H. The topological polar surface area (TPSA) is 64.7 Å². The molecule has 5 nitrogen and oxygen atoms in total. The lowest BCUT2D eigenvalue weighted by Crippen LogP contribution is -2.00. The van der Waals surface area contributed by atoms with Gasteiger partial charge in [0.2, 0.25) is 0 Å². The minimum Gasteiger partial charge on any atom is -0.456 e. The molecule has 0 atom stereocenters. The van der Waals surface area contributed by atoms with Gasteiger partial charge >= 0.3 is 0 Å². The molecule has 3 heterocycles. The monoisotopic (exact) mass is 652 g/mol. The van der Waals surface area contributed by atoms with Gasteiger partial charge in [-0.3, -0.25) is 0 Å². The minimum absolute atomic E-state index is 0.630. The van der Waals surface area contributed by atoms with Gasteiger partial charge < -0.3 is 4.42 Å². The number of hydrogen-bond acceptors (Lipinski definition) is 5. The molecule has 0 unspecified atom stereocenters. The zero-order valence-corrected chi connectivity index (χ0v) is 27.4. The van der Waals surface area contributed by atoms with Crippen LogP contribution < -0.4 is 0 Å². The van der Waals surface area contributed by atoms with Crippen LogP contribution in [0.25, 0.3) is 100 Å². The molecule has 0 aliphatic heterocycles. The number of aromatic nitrogens is 4. The average molecular weight is 653 g/mol. The lowest BCUT2D eigenvalue weighted by Gasteiger charge is -2.13. The number of furan rings is 1. The molecule has 0 radical (unpaired) electrons. The summed E-state index contributed by atoms with van der Waals surface area (Å²) < 4.78 is 6.36. The summed E-state index contributed by atoms with van der Waals surface area (Å²) in [5.41, 5.74) is 9.72. The van der Waals surface area contributed by atoms with Crippen molar-refractivity contribution >= 4 is 43.6 Å². The number of hydrogen-bond donors (Lipinski definition) is 0. The molecular weight excluding hydrogens is 625 g/mol. The summed E-state index contributed by atoms with van der Waals surface area (Å²) in [5, 5.41) is 5.53. The van der Waals surface area contributed by atoms with E-state index in [0.717, 1.165) is 82.7 Å². The van der Waals surface area contributed by atoms with Crippen molar-refractivity contribution in [3.05, 3.63) is 170 Å². The Balaban J connectivity index is 1.13. The molecule has 3 aromatic heterocycles. The molecule has 5 heteroatoms. The number of nitrogens with zero attached hydrogens (tertiary/aromatic N) is 4. The highest BCUT2D eigenvalue weighted by molar-refractivity contribution is 6.28. The fourth-order valence-electron chi connectivity index (χ4n) is 7.05. The van der Waals surface area contributed by atoms with E-state index in [1.54, 1.807) is 0 Å². The van der Waals surface area contributed by atoms with Gasteiger partial charge in [-0.05, 0) is 41.5 Å². The van der Waals surface area contributed by atoms with Crippen LogP contribution in [0, 0.1) is 0 Å². The Labute approximate surface area is 293 Å². The Bertz CT molecular complexity index is 2830. The molecule has 0 aliphatic carbocycles. The fraction of sp³-hybridized carbons (Fsp3) is 0. The Hall–Kier alpha value is -6.98. The van der Waals surface area contributed by atoms with Gasteiger partial charge in [0.05, 0.1) is 11.2 Å². The van der Waals surface area contributed by atoms with Crippen LogP contribution >= 0.6 is 0 Å². The average Bonchev–Trinajstić information content (AvgIpc) is 3.60. The van der Waals surface area contributed by atoms with Crippen molar-refractivity contribution in [2.24, 2.45) is 0 Å². The zero-order chi connectivity index (χ0) is 33.7. The smallest absolute Gasteiger partial charge is 0.164 e. The highest BCUT2D eigenvalue weighted by Crippen LogP contribution is 2.42. The van der Waals surface area contributed by atoms with Gasteiger partial charge in [0.25, 0.3) is 0 Å². The first-order valence-electron chi connectivity index (χ1n) is 17.0. The van der Waals surface area contributed by atoms with Crippen LogP contribution in [0.3, 0.4) is 0 Å². The Morgan fingerprint density at radius 2 is 0.843 bits per heavy atom. The molecule has 7 aromatic carbocycles. The van der Waals surface area contributed by atoms with Crippen LogP contribution in [0.5, 0.6) is 0 Å². The van der Waals surface area contributed by atoms with Crippen LogP contribution in [0.1, 0.15) is 0 Å². The largest absolute Gasteiger partial charge is 0.456 e. The second-order valence-corrected chi connectivity index (χ2v) is 12.6. The maximum absolute atomic E-state index is 6.36. The summed E-state index contributed by atoms with van der Waals surface area (Å²) >= 11 is 0. The van der Waals surface area contributed by atoms with E-state index in [2.05, 4.69) is 91.0 Å². The van der Waals surface area contributed by atoms with Gasteiger partial charge in [-0.1, -0.05) is 140 Å². The molecule has 0 aliphatic rings. The summed E-state index contributed by atoms with van der Waals surface area (Å²) in [7, 11) is 0. The molecule has 0 bridgehead atoms. The Kier molecular flexibility index (Phi) is 6.74. The molecule has 10 aromatic rings. The molecule has 0 N–H and O–H groups in total. The maximum atomic E-state index is 6.36. The minimum atomic E-state index is 0.630. The molecule has 10 rings (SSSR count). The quantitative estimate of drug-likeness (QED) is 0.173. The molecule has 0 amide bonds. The summed E-state index contributed by atoms with van der Waals surface area (Å²) in [5.74, 6) is 1.92. The van der Waals surface area contributed by atoms with Crippen LogP contribution in [0.4, 0.5) is 0 Å². The van der Waals surface area contributed by atoms with Gasteiger partial charge in [-0.15, -0.1) is 0 Å². The Morgan fingerprint density at radius 1 is 0.314 bits per heavy atom. The van der Waals surface area contributed by atoms with Crippen LogP contribution in [0.15, 0.2) is 174 Å². The highest BCUT2D eigenvalue weighted by atomic mass is 16.3. The van der Waals surface area contributed by atoms with Gasteiger partial charge in [0, 0.05) is 49.2 Å². The van der Waals surface area contributed by atoms with Crippen molar-refractivity contribution in [1.29, 1.82) is 0 Å². The van der Waals surface area contributed by atoms with Gasteiger partial charge in [-0.25, -0.2) is 19.9 Å². The molecule has 0 saturated heterocycles. The number of pyridine rings is 1. The third-order valence-electron chi connectivity index (χ3n) is 9.52. The van der Waals surface area contributed by atoms with Crippen molar-refractivity contribution < 1.29 is 4.42 Å². The summed E-state index contributed by atoms with van der Waals surface area (Å²) in [6, 6.07) is 58.0. The van der Waals surface area contributed by atoms with Crippen LogP contribution in [0.2, 0.25) is 0 Å². The summed E-state index contributed by atoms with van der Waals surface area (Å²) in [6.45, 7) is 0. The van der Waals surface area contributed by atoms with E-state index in [9.17, 15) is 0 Å². The molecule has 0 fully saturated rings. The van der Waals surface area contributed by atoms with Gasteiger partial charge in [0.1, 0.15) is 11.2 Å². The van der Waals surface area contributed by atoms with E-state index in [1.165, 1.54) is 0 Å². The second kappa shape index (κ2) is 11.9. The normalized spacial score (nSPS) is 11.5. The van der Waals surface area contributed by atoms with E-state index in [1.807, 2.05) is 78.9 Å².